The number of rotatable bonds is 19. The number of carbonyl (C=O) groups excluding carboxylic acids is 1. The van der Waals surface area contributed by atoms with Crippen molar-refractivity contribution in [3.05, 3.63) is 435 Å². The van der Waals surface area contributed by atoms with E-state index in [1.165, 1.54) is 158 Å². The van der Waals surface area contributed by atoms with Gasteiger partial charge >= 0.3 is 5.97 Å². The van der Waals surface area contributed by atoms with Gasteiger partial charge in [0, 0.05) is 74.0 Å². The van der Waals surface area contributed by atoms with Crippen molar-refractivity contribution in [2.75, 3.05) is 7.11 Å². The summed E-state index contributed by atoms with van der Waals surface area (Å²) >= 11 is 1.85. The number of para-hydroxylation sites is 4. The average molecular weight is 1690 g/mol. The minimum absolute atomic E-state index is 0.137. The number of esters is 1. The van der Waals surface area contributed by atoms with Gasteiger partial charge in [-0.25, -0.2) is 22.9 Å². The minimum Gasteiger partial charge on any atom is -0.465 e. The lowest BCUT2D eigenvalue weighted by Crippen LogP contribution is -2.05. The van der Waals surface area contributed by atoms with E-state index in [-0.39, 0.29) is 29.5 Å². The molecular formula is C114H131F3N4O3S. The number of benzene rings is 12. The Morgan fingerprint density at radius 3 is 1.45 bits per heavy atom. The molecular weight excluding hydrogens is 1560 g/mol. The molecule has 7 nitrogen and oxygen atoms in total. The molecule has 3 N–H and O–H groups in total. The molecule has 0 saturated carbocycles. The Morgan fingerprint density at radius 2 is 0.888 bits per heavy atom. The van der Waals surface area contributed by atoms with Crippen LogP contribution >= 0.6 is 11.3 Å². The second-order valence-electron chi connectivity index (χ2n) is 30.9. The van der Waals surface area contributed by atoms with Crippen LogP contribution in [0.5, 0.6) is 0 Å². The molecule has 0 aliphatic rings. The summed E-state index contributed by atoms with van der Waals surface area (Å²) in [6.07, 6.45) is 21.5. The molecule has 17 aromatic rings. The highest BCUT2D eigenvalue weighted by Crippen LogP contribution is 2.27. The minimum atomic E-state index is -0.246. The van der Waals surface area contributed by atoms with Crippen molar-refractivity contribution >= 4 is 71.8 Å². The molecule has 1 atom stereocenters. The number of aliphatic hydroxyl groups is 1. The molecule has 0 bridgehead atoms. The highest BCUT2D eigenvalue weighted by Gasteiger charge is 2.11. The van der Waals surface area contributed by atoms with Gasteiger partial charge < -0.3 is 24.4 Å². The van der Waals surface area contributed by atoms with Crippen LogP contribution in [0.3, 0.4) is 0 Å². The van der Waals surface area contributed by atoms with Gasteiger partial charge in [-0.2, -0.15) is 0 Å². The number of pyridine rings is 1. The number of hydrogen-bond donors (Lipinski definition) is 3. The first-order valence-corrected chi connectivity index (χ1v) is 45.3. The van der Waals surface area contributed by atoms with Crippen molar-refractivity contribution in [3.63, 3.8) is 0 Å². The number of hydrogen-bond acceptors (Lipinski definition) is 5. The van der Waals surface area contributed by atoms with E-state index in [1.807, 2.05) is 110 Å². The quantitative estimate of drug-likeness (QED) is 0.0555. The van der Waals surface area contributed by atoms with Crippen LogP contribution in [0.1, 0.15) is 190 Å². The number of methoxy groups -OCH3 is 1. The molecule has 5 heterocycles. The topological polar surface area (TPSA) is 95.9 Å². The van der Waals surface area contributed by atoms with Gasteiger partial charge in [-0.3, -0.25) is 0 Å². The predicted molar refractivity (Wildman–Crippen MR) is 530 cm³/mol. The summed E-state index contributed by atoms with van der Waals surface area (Å²) in [7, 11) is 1.41. The summed E-state index contributed by atoms with van der Waals surface area (Å²) in [6, 6.07) is 106. The first-order valence-electron chi connectivity index (χ1n) is 44.5. The fourth-order valence-electron chi connectivity index (χ4n) is 14.2. The molecule has 1 unspecified atom stereocenters. The maximum Gasteiger partial charge on any atom is 0.338 e. The zero-order chi connectivity index (χ0) is 89.8. The molecule has 12 aromatic carbocycles. The van der Waals surface area contributed by atoms with Crippen LogP contribution in [0.15, 0.2) is 345 Å². The normalized spacial score (nSPS) is 10.5. The van der Waals surface area contributed by atoms with E-state index in [0.29, 0.717) is 11.5 Å². The summed E-state index contributed by atoms with van der Waals surface area (Å²) in [5, 5.41) is 17.3. The smallest absolute Gasteiger partial charge is 0.338 e. The van der Waals surface area contributed by atoms with Gasteiger partial charge in [0.25, 0.3) is 0 Å². The molecule has 0 amide bonds. The van der Waals surface area contributed by atoms with E-state index in [2.05, 4.69) is 298 Å². The number of aliphatic hydroxyl groups excluding tert-OH is 1. The van der Waals surface area contributed by atoms with Gasteiger partial charge in [0.15, 0.2) is 0 Å². The standard InChI is InChI=1S/C14H11N.C14H14.2C11H13N.C11H14O2.C10H13F.C9H8FN.C9H11F.C9H12O.C9H12.C7H10S/c1-10-11-6-2-4-8-13(11)15-14-9-5-3-7-12(10)14;1-12(13-8-4-2-5-9-13)14-10-6-3-7-11-14;1-2-8-12-9-7-10-5-3-4-6-11(10)12;1-2-5-9-8-12-11-7-4-3-6-10(9)11;1-3-6-9-7-4-5-8-10(9)11(12)13-2;1-3-4-9-5-6-10(11)7-8(9)2;1-6-5-11-9-3-2-7(10)4-8(6)9;1-2-3-8-4-6-9(10)7-5-8;1-8(10)7-9-5-3-2-4-6-9;1-2-6-9-7-4-3-5-8-9;1-2-4-7-5-3-6-8-7/h2-9H,1H3;2-12H,1H3;3-7,9H,2,8H2,1H3;3-4,6-8,12H,2,5H2,1H3;4-5,7-8H,3,6H2,1-2H3;5-7H,3-4H2,1-2H3;2-5,11H,1H3;4-7H,2-3H2,1H3;2-6,8,10H,7H2,1H3;3-5,7-8H,2,6H2,1H3;3,5-6H,2,4H2,1H3. The summed E-state index contributed by atoms with van der Waals surface area (Å²) in [6.45, 7) is 26.4. The molecule has 0 saturated heterocycles. The first kappa shape index (κ1) is 99.9. The lowest BCUT2D eigenvalue weighted by molar-refractivity contribution is 0.0599. The second-order valence-corrected chi connectivity index (χ2v) is 31.9. The largest absolute Gasteiger partial charge is 0.465 e. The zero-order valence-corrected chi connectivity index (χ0v) is 76.7. The number of thiophene rings is 1. The number of halogens is 3. The van der Waals surface area contributed by atoms with Gasteiger partial charge in [-0.1, -0.05) is 331 Å². The lowest BCUT2D eigenvalue weighted by atomic mass is 9.93. The van der Waals surface area contributed by atoms with E-state index in [9.17, 15) is 18.0 Å². The van der Waals surface area contributed by atoms with E-state index >= 15 is 0 Å². The van der Waals surface area contributed by atoms with Crippen LogP contribution in [0.2, 0.25) is 0 Å². The highest BCUT2D eigenvalue weighted by atomic mass is 32.1. The third-order valence-electron chi connectivity index (χ3n) is 20.7. The Labute approximate surface area is 747 Å². The Morgan fingerprint density at radius 1 is 0.416 bits per heavy atom. The highest BCUT2D eigenvalue weighted by molar-refractivity contribution is 7.09. The molecule has 125 heavy (non-hydrogen) atoms. The van der Waals surface area contributed by atoms with Crippen LogP contribution in [0.4, 0.5) is 13.2 Å². The van der Waals surface area contributed by atoms with Crippen molar-refractivity contribution < 1.29 is 27.8 Å². The fraction of sp³-hybridized carbons (Fsp3) is 0.263. The van der Waals surface area contributed by atoms with Gasteiger partial charge in [-0.15, -0.1) is 11.3 Å². The van der Waals surface area contributed by atoms with Gasteiger partial charge in [0.2, 0.25) is 0 Å². The summed E-state index contributed by atoms with van der Waals surface area (Å²) in [5.41, 5.74) is 20.2. The second kappa shape index (κ2) is 57.3. The van der Waals surface area contributed by atoms with Crippen molar-refractivity contribution in [1.29, 1.82) is 0 Å². The first-order chi connectivity index (χ1) is 60.8. The van der Waals surface area contributed by atoms with Crippen molar-refractivity contribution in [1.82, 2.24) is 19.5 Å². The number of H-pyrrole nitrogens is 2. The van der Waals surface area contributed by atoms with Crippen LogP contribution in [-0.4, -0.2) is 43.8 Å². The molecule has 0 aliphatic heterocycles. The van der Waals surface area contributed by atoms with Crippen LogP contribution < -0.4 is 0 Å². The molecule has 0 fully saturated rings. The number of nitrogens with one attached hydrogen (secondary N) is 2. The Kier molecular flexibility index (Phi) is 45.8. The van der Waals surface area contributed by atoms with E-state index in [1.54, 1.807) is 31.2 Å². The monoisotopic (exact) mass is 1690 g/mol. The zero-order valence-electron chi connectivity index (χ0n) is 75.9. The molecule has 0 aliphatic carbocycles. The molecule has 17 rings (SSSR count). The Hall–Kier alpha value is -12.2. The van der Waals surface area contributed by atoms with Gasteiger partial charge in [-0.05, 0) is 236 Å². The number of carbonyl (C=O) groups is 1. The number of aromatic nitrogens is 4. The van der Waals surface area contributed by atoms with Crippen LogP contribution in [0.25, 0.3) is 54.5 Å². The number of aryl methyl sites for hydroxylation is 10. The number of aromatic amines is 2. The molecule has 11 heteroatoms. The van der Waals surface area contributed by atoms with Gasteiger partial charge in [0.1, 0.15) is 17.5 Å². The number of fused-ring (bicyclic) bond motifs is 5. The van der Waals surface area contributed by atoms with Crippen molar-refractivity contribution in [3.8, 4) is 0 Å². The molecule has 0 radical (unpaired) electrons. The molecule has 0 spiro atoms. The van der Waals surface area contributed by atoms with Crippen LogP contribution in [0, 0.1) is 38.2 Å². The Balaban J connectivity index is 0.000000190. The van der Waals surface area contributed by atoms with E-state index < -0.39 is 0 Å². The maximum atomic E-state index is 12.7. The van der Waals surface area contributed by atoms with Crippen LogP contribution in [-0.2, 0) is 56.2 Å². The number of nitrogens with zero attached hydrogens (tertiary/aromatic N) is 2. The van der Waals surface area contributed by atoms with Crippen molar-refractivity contribution in [2.24, 2.45) is 0 Å². The molecule has 652 valence electrons. The summed E-state index contributed by atoms with van der Waals surface area (Å²) < 4.78 is 44.6. The average Bonchev–Trinajstić information content (AvgIpc) is 1.75. The lowest BCUT2D eigenvalue weighted by Gasteiger charge is -2.11. The van der Waals surface area contributed by atoms with Gasteiger partial charge in [0.05, 0.1) is 29.8 Å². The third-order valence-corrected chi connectivity index (χ3v) is 21.6. The van der Waals surface area contributed by atoms with E-state index in [0.717, 1.165) is 90.1 Å². The third kappa shape index (κ3) is 35.2. The van der Waals surface area contributed by atoms with E-state index in [4.69, 9.17) is 5.11 Å². The molecule has 5 aromatic heterocycles. The van der Waals surface area contributed by atoms with Crippen molar-refractivity contribution in [2.45, 2.75) is 192 Å². The summed E-state index contributed by atoms with van der Waals surface area (Å²) in [5.74, 6) is -0.233. The fourth-order valence-corrected chi connectivity index (χ4v) is 15.0. The number of ether oxygens (including phenoxy) is 1. The maximum absolute atomic E-state index is 12.7. The SMILES string of the molecule is CC(O)Cc1ccccc1.CC(c1ccccc1)c1ccccc1.CCCc1c[nH]c2ccccc12.CCCc1ccc(F)cc1.CCCc1ccc(F)cc1C.CCCc1ccccc1.CCCc1ccccc1C(=O)OC.CCCc1cccs1.CCCn1ccc2ccccc21.Cc1c2ccccc2nc2ccccc12.Cc1c[nH]c2ccc(F)cc12. The Bertz CT molecular complexity index is 5600. The predicted octanol–water partition coefficient (Wildman–Crippen LogP) is 31.6. The summed E-state index contributed by atoms with van der Waals surface area (Å²) in [4.78, 5) is 23.8.